The number of aliphatic hydroxyl groups is 1. The summed E-state index contributed by atoms with van der Waals surface area (Å²) < 4.78 is 0. The molecule has 0 saturated heterocycles. The second-order valence-corrected chi connectivity index (χ2v) is 7.15. The summed E-state index contributed by atoms with van der Waals surface area (Å²) in [6, 6.07) is 0.665. The Morgan fingerprint density at radius 1 is 1.33 bits per heavy atom. The molecule has 1 aliphatic rings. The van der Waals surface area contributed by atoms with Crippen LogP contribution in [0.1, 0.15) is 53.4 Å². The van der Waals surface area contributed by atoms with E-state index in [1.54, 1.807) is 0 Å². The van der Waals surface area contributed by atoms with E-state index < -0.39 is 0 Å². The zero-order valence-electron chi connectivity index (χ0n) is 12.9. The Hall–Kier alpha value is -0.120. The molecule has 1 aliphatic carbocycles. The van der Waals surface area contributed by atoms with Crippen LogP contribution in [-0.4, -0.2) is 47.8 Å². The van der Waals surface area contributed by atoms with Crippen molar-refractivity contribution in [2.75, 3.05) is 20.1 Å². The van der Waals surface area contributed by atoms with Crippen molar-refractivity contribution in [3.63, 3.8) is 0 Å². The summed E-state index contributed by atoms with van der Waals surface area (Å²) in [6.45, 7) is 10.2. The van der Waals surface area contributed by atoms with Crippen molar-refractivity contribution in [1.29, 1.82) is 0 Å². The molecule has 0 bridgehead atoms. The third-order valence-corrected chi connectivity index (χ3v) is 3.90. The summed E-state index contributed by atoms with van der Waals surface area (Å²) in [4.78, 5) is 2.35. The second-order valence-electron chi connectivity index (χ2n) is 7.15. The Morgan fingerprint density at radius 2 is 2.00 bits per heavy atom. The molecule has 0 amide bonds. The first-order chi connectivity index (χ1) is 8.28. The standard InChI is InChI=1S/C15H32N2O/c1-12-7-6-8-13(9-12)17(5)11-14(18)10-16-15(2,3)4/h12-14,16,18H,6-11H2,1-5H3. The minimum Gasteiger partial charge on any atom is -0.390 e. The monoisotopic (exact) mass is 256 g/mol. The van der Waals surface area contributed by atoms with Gasteiger partial charge in [0.1, 0.15) is 0 Å². The lowest BCUT2D eigenvalue weighted by molar-refractivity contribution is 0.0788. The Morgan fingerprint density at radius 3 is 2.56 bits per heavy atom. The average Bonchev–Trinajstić information content (AvgIpc) is 2.25. The van der Waals surface area contributed by atoms with Gasteiger partial charge >= 0.3 is 0 Å². The summed E-state index contributed by atoms with van der Waals surface area (Å²) in [7, 11) is 2.16. The van der Waals surface area contributed by atoms with Crippen molar-refractivity contribution in [1.82, 2.24) is 10.2 Å². The summed E-state index contributed by atoms with van der Waals surface area (Å²) in [5.41, 5.74) is 0.0822. The van der Waals surface area contributed by atoms with Crippen LogP contribution in [-0.2, 0) is 0 Å². The summed E-state index contributed by atoms with van der Waals surface area (Å²) >= 11 is 0. The highest BCUT2D eigenvalue weighted by Crippen LogP contribution is 2.26. The molecule has 0 spiro atoms. The number of nitrogens with zero attached hydrogens (tertiary/aromatic N) is 1. The summed E-state index contributed by atoms with van der Waals surface area (Å²) in [6.07, 6.45) is 5.02. The number of nitrogens with one attached hydrogen (secondary N) is 1. The van der Waals surface area contributed by atoms with Gasteiger partial charge in [0.25, 0.3) is 0 Å². The molecule has 1 fully saturated rings. The second kappa shape index (κ2) is 6.88. The molecule has 0 radical (unpaired) electrons. The fourth-order valence-corrected chi connectivity index (χ4v) is 2.77. The van der Waals surface area contributed by atoms with Gasteiger partial charge in [-0.2, -0.15) is 0 Å². The van der Waals surface area contributed by atoms with Crippen molar-refractivity contribution < 1.29 is 5.11 Å². The zero-order valence-corrected chi connectivity index (χ0v) is 12.9. The van der Waals surface area contributed by atoms with Gasteiger partial charge < -0.3 is 15.3 Å². The van der Waals surface area contributed by atoms with Gasteiger partial charge in [0, 0.05) is 24.7 Å². The molecule has 1 saturated carbocycles. The number of rotatable bonds is 5. The van der Waals surface area contributed by atoms with E-state index in [2.05, 4.69) is 45.0 Å². The molecule has 0 aliphatic heterocycles. The normalized spacial score (nSPS) is 27.5. The van der Waals surface area contributed by atoms with Gasteiger partial charge in [-0.3, -0.25) is 0 Å². The predicted octanol–water partition coefficient (Wildman–Crippen LogP) is 2.25. The molecule has 3 heteroatoms. The van der Waals surface area contributed by atoms with E-state index in [9.17, 15) is 5.11 Å². The predicted molar refractivity (Wildman–Crippen MR) is 77.8 cm³/mol. The van der Waals surface area contributed by atoms with E-state index in [1.165, 1.54) is 25.7 Å². The maximum atomic E-state index is 10.1. The largest absolute Gasteiger partial charge is 0.390 e. The molecule has 2 N–H and O–H groups in total. The minimum atomic E-state index is -0.272. The van der Waals surface area contributed by atoms with Gasteiger partial charge in [-0.1, -0.05) is 19.8 Å². The molecule has 3 nitrogen and oxygen atoms in total. The quantitative estimate of drug-likeness (QED) is 0.792. The number of hydrogen-bond donors (Lipinski definition) is 2. The van der Waals surface area contributed by atoms with E-state index in [4.69, 9.17) is 0 Å². The molecule has 0 aromatic rings. The van der Waals surface area contributed by atoms with Crippen LogP contribution in [0.5, 0.6) is 0 Å². The SMILES string of the molecule is CC1CCCC(N(C)CC(O)CNC(C)(C)C)C1. The van der Waals surface area contributed by atoms with E-state index in [-0.39, 0.29) is 11.6 Å². The lowest BCUT2D eigenvalue weighted by Gasteiger charge is -2.35. The van der Waals surface area contributed by atoms with Crippen LogP contribution in [0.2, 0.25) is 0 Å². The third kappa shape index (κ3) is 6.17. The highest BCUT2D eigenvalue weighted by Gasteiger charge is 2.23. The highest BCUT2D eigenvalue weighted by molar-refractivity contribution is 4.80. The van der Waals surface area contributed by atoms with Crippen LogP contribution in [0, 0.1) is 5.92 Å². The molecule has 0 aromatic heterocycles. The minimum absolute atomic E-state index is 0.0822. The van der Waals surface area contributed by atoms with Gasteiger partial charge in [0.2, 0.25) is 0 Å². The maximum absolute atomic E-state index is 10.1. The van der Waals surface area contributed by atoms with E-state index in [0.29, 0.717) is 12.6 Å². The molecule has 18 heavy (non-hydrogen) atoms. The first-order valence-corrected chi connectivity index (χ1v) is 7.41. The van der Waals surface area contributed by atoms with Gasteiger partial charge in [0.05, 0.1) is 6.10 Å². The summed E-state index contributed by atoms with van der Waals surface area (Å²) in [5.74, 6) is 0.844. The van der Waals surface area contributed by atoms with E-state index >= 15 is 0 Å². The van der Waals surface area contributed by atoms with Crippen molar-refractivity contribution in [3.8, 4) is 0 Å². The average molecular weight is 256 g/mol. The third-order valence-electron chi connectivity index (χ3n) is 3.90. The molecule has 108 valence electrons. The van der Waals surface area contributed by atoms with Crippen LogP contribution < -0.4 is 5.32 Å². The Balaban J connectivity index is 2.28. The van der Waals surface area contributed by atoms with Crippen molar-refractivity contribution in [2.24, 2.45) is 5.92 Å². The van der Waals surface area contributed by atoms with Crippen LogP contribution >= 0.6 is 0 Å². The lowest BCUT2D eigenvalue weighted by Crippen LogP contribution is -2.46. The fourth-order valence-electron chi connectivity index (χ4n) is 2.77. The number of hydrogen-bond acceptors (Lipinski definition) is 3. The van der Waals surface area contributed by atoms with Crippen LogP contribution in [0.15, 0.2) is 0 Å². The van der Waals surface area contributed by atoms with Gasteiger partial charge in [-0.05, 0) is 46.6 Å². The maximum Gasteiger partial charge on any atom is 0.0791 e. The van der Waals surface area contributed by atoms with Crippen molar-refractivity contribution in [3.05, 3.63) is 0 Å². The van der Waals surface area contributed by atoms with Gasteiger partial charge in [0.15, 0.2) is 0 Å². The Kier molecular flexibility index (Phi) is 6.09. The Bertz CT molecular complexity index is 237. The molecule has 0 heterocycles. The number of likely N-dealkylation sites (N-methyl/N-ethyl adjacent to an activating group) is 1. The molecular formula is C15H32N2O. The fraction of sp³-hybridized carbons (Fsp3) is 1.00. The smallest absolute Gasteiger partial charge is 0.0791 e. The van der Waals surface area contributed by atoms with E-state index in [0.717, 1.165) is 12.5 Å². The van der Waals surface area contributed by atoms with Gasteiger partial charge in [-0.15, -0.1) is 0 Å². The summed E-state index contributed by atoms with van der Waals surface area (Å²) in [5, 5.41) is 13.4. The van der Waals surface area contributed by atoms with Gasteiger partial charge in [-0.25, -0.2) is 0 Å². The lowest BCUT2D eigenvalue weighted by atomic mass is 9.86. The highest BCUT2D eigenvalue weighted by atomic mass is 16.3. The topological polar surface area (TPSA) is 35.5 Å². The van der Waals surface area contributed by atoms with Crippen molar-refractivity contribution in [2.45, 2.75) is 71.1 Å². The first kappa shape index (κ1) is 15.9. The van der Waals surface area contributed by atoms with Crippen LogP contribution in [0.25, 0.3) is 0 Å². The van der Waals surface area contributed by atoms with Crippen LogP contribution in [0.4, 0.5) is 0 Å². The Labute approximate surface area is 113 Å². The first-order valence-electron chi connectivity index (χ1n) is 7.41. The number of aliphatic hydroxyl groups excluding tert-OH is 1. The van der Waals surface area contributed by atoms with Crippen molar-refractivity contribution >= 4 is 0 Å². The molecule has 0 aromatic carbocycles. The van der Waals surface area contributed by atoms with E-state index in [1.807, 2.05) is 0 Å². The molecule has 3 atom stereocenters. The molecule has 1 rings (SSSR count). The number of β-amino-alcohol motifs (C(OH)–C–C–N with tert-alkyl or cyclic N) is 1. The van der Waals surface area contributed by atoms with Crippen LogP contribution in [0.3, 0.4) is 0 Å². The molecular weight excluding hydrogens is 224 g/mol. The molecule has 3 unspecified atom stereocenters. The zero-order chi connectivity index (χ0) is 13.8.